The summed E-state index contributed by atoms with van der Waals surface area (Å²) in [7, 11) is 0. The van der Waals surface area contributed by atoms with Crippen molar-refractivity contribution in [2.75, 3.05) is 10.2 Å². The number of hydrogen-bond acceptors (Lipinski definition) is 2. The topological polar surface area (TPSA) is 53.2 Å². The van der Waals surface area contributed by atoms with Crippen molar-refractivity contribution in [1.29, 1.82) is 0 Å². The summed E-state index contributed by atoms with van der Waals surface area (Å²) in [6.45, 7) is 0. The van der Waals surface area contributed by atoms with Crippen molar-refractivity contribution in [3.63, 3.8) is 0 Å². The Balaban J connectivity index is 2.16. The van der Waals surface area contributed by atoms with E-state index < -0.39 is 0 Å². The second-order valence-electron chi connectivity index (χ2n) is 4.64. The number of aryl methyl sites for hydroxylation is 1. The van der Waals surface area contributed by atoms with Crippen molar-refractivity contribution in [3.8, 4) is 0 Å². The Hall–Kier alpha value is -1.88. The second kappa shape index (κ2) is 5.25. The number of carbonyl (C=O) groups excluding carboxylic acids is 2. The molecule has 2 amide bonds. The van der Waals surface area contributed by atoms with E-state index >= 15 is 0 Å². The average Bonchev–Trinajstić information content (AvgIpc) is 2.97. The molecule has 0 bridgehead atoms. The minimum Gasteiger partial charge on any atom is -0.357 e. The van der Waals surface area contributed by atoms with Crippen LogP contribution in [0.4, 0.5) is 5.69 Å². The molecule has 4 nitrogen and oxygen atoms in total. The summed E-state index contributed by atoms with van der Waals surface area (Å²) in [5, 5.41) is 1.78. The molecule has 0 atom stereocenters. The highest BCUT2D eigenvalue weighted by molar-refractivity contribution is 9.09. The standard InChI is InChI=1S/C15H13BrN2O2/c16-9-3-6-12-15(18-13(19)7-8-14(18)20)10-4-1-2-5-11(10)17-12/h1-2,4-5,7-8,17H,3,6,9H2. The third-order valence-corrected chi connectivity index (χ3v) is 3.91. The number of carbonyl (C=O) groups is 2. The van der Waals surface area contributed by atoms with Gasteiger partial charge in [0.05, 0.1) is 5.69 Å². The van der Waals surface area contributed by atoms with Gasteiger partial charge in [-0.2, -0.15) is 0 Å². The molecule has 102 valence electrons. The fraction of sp³-hybridized carbons (Fsp3) is 0.200. The van der Waals surface area contributed by atoms with Crippen molar-refractivity contribution >= 4 is 44.3 Å². The fourth-order valence-electron chi connectivity index (χ4n) is 2.48. The molecule has 1 aliphatic rings. The van der Waals surface area contributed by atoms with Gasteiger partial charge in [-0.25, -0.2) is 4.90 Å². The number of rotatable bonds is 4. The van der Waals surface area contributed by atoms with Crippen molar-refractivity contribution in [2.45, 2.75) is 12.8 Å². The molecule has 3 rings (SSSR count). The maximum Gasteiger partial charge on any atom is 0.258 e. The second-order valence-corrected chi connectivity index (χ2v) is 5.43. The molecule has 1 N–H and O–H groups in total. The molecule has 0 spiro atoms. The number of H-pyrrole nitrogens is 1. The number of imide groups is 1. The highest BCUT2D eigenvalue weighted by Gasteiger charge is 2.29. The van der Waals surface area contributed by atoms with Gasteiger partial charge in [-0.3, -0.25) is 9.59 Å². The van der Waals surface area contributed by atoms with Gasteiger partial charge in [-0.15, -0.1) is 0 Å². The summed E-state index contributed by atoms with van der Waals surface area (Å²) in [4.78, 5) is 28.5. The van der Waals surface area contributed by atoms with Crippen molar-refractivity contribution < 1.29 is 9.59 Å². The van der Waals surface area contributed by atoms with Crippen LogP contribution in [0.1, 0.15) is 12.1 Å². The van der Waals surface area contributed by atoms with Gasteiger partial charge in [-0.1, -0.05) is 34.1 Å². The lowest BCUT2D eigenvalue weighted by molar-refractivity contribution is -0.119. The van der Waals surface area contributed by atoms with Crippen LogP contribution >= 0.6 is 15.9 Å². The number of nitrogens with one attached hydrogen (secondary N) is 1. The number of aromatic nitrogens is 1. The molecule has 0 aliphatic carbocycles. The number of anilines is 1. The van der Waals surface area contributed by atoms with E-state index in [4.69, 9.17) is 0 Å². The predicted molar refractivity (Wildman–Crippen MR) is 82.0 cm³/mol. The van der Waals surface area contributed by atoms with Gasteiger partial charge in [0, 0.05) is 34.1 Å². The van der Waals surface area contributed by atoms with Crippen LogP contribution in [0.3, 0.4) is 0 Å². The fourth-order valence-corrected chi connectivity index (χ4v) is 2.76. The zero-order valence-electron chi connectivity index (χ0n) is 10.7. The number of nitrogens with zero attached hydrogens (tertiary/aromatic N) is 1. The van der Waals surface area contributed by atoms with E-state index in [2.05, 4.69) is 20.9 Å². The minimum absolute atomic E-state index is 0.278. The van der Waals surface area contributed by atoms with Crippen molar-refractivity contribution in [3.05, 3.63) is 42.1 Å². The van der Waals surface area contributed by atoms with Gasteiger partial charge in [0.15, 0.2) is 0 Å². The lowest BCUT2D eigenvalue weighted by atomic mass is 10.1. The molecule has 20 heavy (non-hydrogen) atoms. The Labute approximate surface area is 124 Å². The molecule has 1 aromatic carbocycles. The molecule has 1 aliphatic heterocycles. The summed E-state index contributed by atoms with van der Waals surface area (Å²) >= 11 is 3.41. The molecule has 0 unspecified atom stereocenters. The number of halogens is 1. The first-order valence-corrected chi connectivity index (χ1v) is 7.56. The van der Waals surface area contributed by atoms with Gasteiger partial charge in [0.1, 0.15) is 0 Å². The number of alkyl halides is 1. The largest absolute Gasteiger partial charge is 0.357 e. The molecular weight excluding hydrogens is 320 g/mol. The molecule has 5 heteroatoms. The first kappa shape index (κ1) is 13.1. The number of hydrogen-bond donors (Lipinski definition) is 1. The Morgan fingerprint density at radius 1 is 1.10 bits per heavy atom. The average molecular weight is 333 g/mol. The zero-order chi connectivity index (χ0) is 14.1. The third-order valence-electron chi connectivity index (χ3n) is 3.35. The Morgan fingerprint density at radius 2 is 1.80 bits per heavy atom. The molecular formula is C15H13BrN2O2. The maximum absolute atomic E-state index is 11.9. The smallest absolute Gasteiger partial charge is 0.258 e. The van der Waals surface area contributed by atoms with E-state index in [9.17, 15) is 9.59 Å². The van der Waals surface area contributed by atoms with Crippen LogP contribution in [-0.2, 0) is 16.0 Å². The zero-order valence-corrected chi connectivity index (χ0v) is 12.3. The van der Waals surface area contributed by atoms with Crippen LogP contribution in [0, 0.1) is 0 Å². The number of aromatic amines is 1. The quantitative estimate of drug-likeness (QED) is 0.691. The number of para-hydroxylation sites is 1. The molecule has 2 heterocycles. The highest BCUT2D eigenvalue weighted by Crippen LogP contribution is 2.33. The first-order chi connectivity index (χ1) is 9.72. The van der Waals surface area contributed by atoms with Crippen molar-refractivity contribution in [2.24, 2.45) is 0 Å². The molecule has 1 aromatic heterocycles. The third kappa shape index (κ3) is 2.08. The van der Waals surface area contributed by atoms with E-state index in [1.807, 2.05) is 24.3 Å². The van der Waals surface area contributed by atoms with Crippen molar-refractivity contribution in [1.82, 2.24) is 4.98 Å². The van der Waals surface area contributed by atoms with Gasteiger partial charge in [-0.05, 0) is 18.9 Å². The predicted octanol–water partition coefficient (Wildman–Crippen LogP) is 2.92. The monoisotopic (exact) mass is 332 g/mol. The van der Waals surface area contributed by atoms with E-state index in [0.29, 0.717) is 5.69 Å². The normalized spacial score (nSPS) is 14.8. The molecule has 0 saturated heterocycles. The summed E-state index contributed by atoms with van der Waals surface area (Å²) in [5.74, 6) is -0.556. The van der Waals surface area contributed by atoms with E-state index in [1.165, 1.54) is 17.1 Å². The van der Waals surface area contributed by atoms with Crippen LogP contribution < -0.4 is 4.90 Å². The summed E-state index contributed by atoms with van der Waals surface area (Å²) < 4.78 is 0. The van der Waals surface area contributed by atoms with E-state index in [-0.39, 0.29) is 11.8 Å². The Kier molecular flexibility index (Phi) is 3.44. The highest BCUT2D eigenvalue weighted by atomic mass is 79.9. The lowest BCUT2D eigenvalue weighted by Crippen LogP contribution is -2.30. The van der Waals surface area contributed by atoms with Gasteiger partial charge in [0.2, 0.25) is 0 Å². The van der Waals surface area contributed by atoms with Gasteiger partial charge < -0.3 is 4.98 Å². The Bertz CT molecular complexity index is 700. The summed E-state index contributed by atoms with van der Waals surface area (Å²) in [6, 6.07) is 7.72. The van der Waals surface area contributed by atoms with Gasteiger partial charge in [0.25, 0.3) is 11.8 Å². The number of benzene rings is 1. The molecule has 0 saturated carbocycles. The number of amides is 2. The van der Waals surface area contributed by atoms with Crippen LogP contribution in [0.5, 0.6) is 0 Å². The summed E-state index contributed by atoms with van der Waals surface area (Å²) in [6.07, 6.45) is 4.35. The minimum atomic E-state index is -0.278. The molecule has 0 radical (unpaired) electrons. The van der Waals surface area contributed by atoms with E-state index in [0.717, 1.165) is 34.8 Å². The van der Waals surface area contributed by atoms with Crippen LogP contribution in [0.25, 0.3) is 10.9 Å². The lowest BCUT2D eigenvalue weighted by Gasteiger charge is -2.15. The Morgan fingerprint density at radius 3 is 2.50 bits per heavy atom. The van der Waals surface area contributed by atoms with Crippen LogP contribution in [0.2, 0.25) is 0 Å². The van der Waals surface area contributed by atoms with Crippen LogP contribution in [-0.4, -0.2) is 22.1 Å². The first-order valence-electron chi connectivity index (χ1n) is 6.44. The SMILES string of the molecule is O=C1C=CC(=O)N1c1c(CCCBr)[nH]c2ccccc12. The number of fused-ring (bicyclic) bond motifs is 1. The maximum atomic E-state index is 11.9. The molecule has 2 aromatic rings. The van der Waals surface area contributed by atoms with E-state index in [1.54, 1.807) is 0 Å². The summed E-state index contributed by atoms with van der Waals surface area (Å²) in [5.41, 5.74) is 2.57. The van der Waals surface area contributed by atoms with Crippen LogP contribution in [0.15, 0.2) is 36.4 Å². The van der Waals surface area contributed by atoms with Gasteiger partial charge >= 0.3 is 0 Å². The molecule has 0 fully saturated rings.